The molecule has 0 aromatic carbocycles. The van der Waals surface area contributed by atoms with Gasteiger partial charge in [-0.15, -0.1) is 0 Å². The van der Waals surface area contributed by atoms with E-state index >= 15 is 0 Å². The number of hydrogen-bond acceptors (Lipinski definition) is 2. The molecule has 0 saturated carbocycles. The van der Waals surface area contributed by atoms with Crippen molar-refractivity contribution in [3.8, 4) is 0 Å². The van der Waals surface area contributed by atoms with Gasteiger partial charge >= 0.3 is 0 Å². The lowest BCUT2D eigenvalue weighted by Gasteiger charge is -2.20. The normalized spacial score (nSPS) is 39.8. The first-order chi connectivity index (χ1) is 3.80. The summed E-state index contributed by atoms with van der Waals surface area (Å²) in [5.41, 5.74) is -0.913. The first-order valence-corrected chi connectivity index (χ1v) is 2.75. The average molecular weight is 141 g/mol. The molecule has 0 radical (unpaired) electrons. The molecular formula is C4H6ClFO2. The fourth-order valence-electron chi connectivity index (χ4n) is 0.473. The molecular weight excluding hydrogens is 134 g/mol. The summed E-state index contributed by atoms with van der Waals surface area (Å²) in [7, 11) is 0. The van der Waals surface area contributed by atoms with E-state index in [1.165, 1.54) is 0 Å². The number of ether oxygens (including phenoxy) is 2. The maximum Gasteiger partial charge on any atom is 0.239 e. The fraction of sp³-hybridized carbons (Fsp3) is 1.00. The SMILES string of the molecule is FC1OCCOC1Cl. The second kappa shape index (κ2) is 2.62. The molecule has 0 spiro atoms. The summed E-state index contributed by atoms with van der Waals surface area (Å²) in [5.74, 6) is 0. The maximum absolute atomic E-state index is 12.1. The van der Waals surface area contributed by atoms with Crippen LogP contribution in [0.5, 0.6) is 0 Å². The topological polar surface area (TPSA) is 18.5 Å². The largest absolute Gasteiger partial charge is 0.354 e. The highest BCUT2D eigenvalue weighted by Crippen LogP contribution is 2.13. The Balaban J connectivity index is 2.28. The molecule has 4 heteroatoms. The Morgan fingerprint density at radius 2 is 2.00 bits per heavy atom. The van der Waals surface area contributed by atoms with Gasteiger partial charge in [0.15, 0.2) is 5.56 Å². The van der Waals surface area contributed by atoms with E-state index in [-0.39, 0.29) is 0 Å². The van der Waals surface area contributed by atoms with Crippen molar-refractivity contribution in [2.24, 2.45) is 0 Å². The smallest absolute Gasteiger partial charge is 0.239 e. The van der Waals surface area contributed by atoms with Crippen molar-refractivity contribution < 1.29 is 13.9 Å². The number of rotatable bonds is 0. The predicted octanol–water partition coefficient (Wildman–Crippen LogP) is 0.894. The van der Waals surface area contributed by atoms with Crippen LogP contribution >= 0.6 is 11.6 Å². The second-order valence-corrected chi connectivity index (χ2v) is 1.87. The third-order valence-corrected chi connectivity index (χ3v) is 1.17. The molecule has 0 bridgehead atoms. The lowest BCUT2D eigenvalue weighted by Crippen LogP contribution is -2.31. The summed E-state index contributed by atoms with van der Waals surface area (Å²) in [4.78, 5) is 0. The van der Waals surface area contributed by atoms with Crippen molar-refractivity contribution in [1.82, 2.24) is 0 Å². The molecule has 2 unspecified atom stereocenters. The summed E-state index contributed by atoms with van der Waals surface area (Å²) in [6.45, 7) is 0.680. The van der Waals surface area contributed by atoms with E-state index in [1.54, 1.807) is 0 Å². The van der Waals surface area contributed by atoms with Crippen molar-refractivity contribution >= 4 is 11.6 Å². The van der Waals surface area contributed by atoms with Crippen molar-refractivity contribution in [2.45, 2.75) is 11.9 Å². The quantitative estimate of drug-likeness (QED) is 0.466. The Hall–Kier alpha value is 0.140. The molecule has 1 fully saturated rings. The molecule has 2 nitrogen and oxygen atoms in total. The Bertz CT molecular complexity index is 70.4. The van der Waals surface area contributed by atoms with Crippen LogP contribution in [0.3, 0.4) is 0 Å². The van der Waals surface area contributed by atoms with E-state index in [0.717, 1.165) is 0 Å². The van der Waals surface area contributed by atoms with Crippen molar-refractivity contribution in [3.63, 3.8) is 0 Å². The second-order valence-electron chi connectivity index (χ2n) is 1.44. The van der Waals surface area contributed by atoms with Crippen LogP contribution in [-0.4, -0.2) is 25.1 Å². The highest BCUT2D eigenvalue weighted by molar-refractivity contribution is 6.20. The molecule has 1 aliphatic rings. The van der Waals surface area contributed by atoms with E-state index in [9.17, 15) is 4.39 Å². The highest BCUT2D eigenvalue weighted by Gasteiger charge is 2.23. The van der Waals surface area contributed by atoms with Gasteiger partial charge in [-0.05, 0) is 0 Å². The van der Waals surface area contributed by atoms with E-state index in [2.05, 4.69) is 9.47 Å². The zero-order valence-corrected chi connectivity index (χ0v) is 4.90. The molecule has 0 aliphatic carbocycles. The van der Waals surface area contributed by atoms with Gasteiger partial charge in [0.05, 0.1) is 13.2 Å². The lowest BCUT2D eigenvalue weighted by molar-refractivity contribution is -0.162. The van der Waals surface area contributed by atoms with Gasteiger partial charge in [-0.25, -0.2) is 4.39 Å². The van der Waals surface area contributed by atoms with Crippen LogP contribution in [0.1, 0.15) is 0 Å². The van der Waals surface area contributed by atoms with Gasteiger partial charge in [-0.2, -0.15) is 0 Å². The third kappa shape index (κ3) is 1.31. The molecule has 1 saturated heterocycles. The Morgan fingerprint density at radius 1 is 1.38 bits per heavy atom. The molecule has 0 amide bonds. The zero-order chi connectivity index (χ0) is 5.98. The van der Waals surface area contributed by atoms with Gasteiger partial charge in [-0.3, -0.25) is 0 Å². The van der Waals surface area contributed by atoms with E-state index in [1.807, 2.05) is 0 Å². The first-order valence-electron chi connectivity index (χ1n) is 2.32. The average Bonchev–Trinajstić information content (AvgIpc) is 1.77. The van der Waals surface area contributed by atoms with Gasteiger partial charge < -0.3 is 9.47 Å². The Kier molecular flexibility index (Phi) is 2.05. The van der Waals surface area contributed by atoms with Gasteiger partial charge in [-0.1, -0.05) is 11.6 Å². The standard InChI is InChI=1S/C4H6ClFO2/c5-3-4(6)8-2-1-7-3/h3-4H,1-2H2. The van der Waals surface area contributed by atoms with Gasteiger partial charge in [0.1, 0.15) is 0 Å². The molecule has 0 aromatic heterocycles. The molecule has 1 rings (SSSR count). The van der Waals surface area contributed by atoms with Crippen molar-refractivity contribution in [3.05, 3.63) is 0 Å². The number of alkyl halides is 2. The van der Waals surface area contributed by atoms with E-state index < -0.39 is 11.9 Å². The van der Waals surface area contributed by atoms with Crippen LogP contribution in [0, 0.1) is 0 Å². The summed E-state index contributed by atoms with van der Waals surface area (Å²) in [6.07, 6.45) is -1.45. The number of hydrogen-bond donors (Lipinski definition) is 0. The Morgan fingerprint density at radius 3 is 2.38 bits per heavy atom. The first kappa shape index (κ1) is 6.26. The molecule has 2 atom stereocenters. The van der Waals surface area contributed by atoms with Crippen LogP contribution in [0.4, 0.5) is 4.39 Å². The molecule has 48 valence electrons. The lowest BCUT2D eigenvalue weighted by atomic mass is 10.6. The minimum atomic E-state index is -1.45. The van der Waals surface area contributed by atoms with Crippen molar-refractivity contribution in [2.75, 3.05) is 13.2 Å². The minimum Gasteiger partial charge on any atom is -0.354 e. The van der Waals surface area contributed by atoms with Crippen LogP contribution in [-0.2, 0) is 9.47 Å². The minimum absolute atomic E-state index is 0.296. The third-order valence-electron chi connectivity index (χ3n) is 0.844. The van der Waals surface area contributed by atoms with Gasteiger partial charge in [0, 0.05) is 0 Å². The van der Waals surface area contributed by atoms with Crippen molar-refractivity contribution in [1.29, 1.82) is 0 Å². The molecule has 0 N–H and O–H groups in total. The van der Waals surface area contributed by atoms with E-state index in [0.29, 0.717) is 13.2 Å². The fourth-order valence-corrected chi connectivity index (χ4v) is 0.635. The predicted molar refractivity (Wildman–Crippen MR) is 26.4 cm³/mol. The summed E-state index contributed by atoms with van der Waals surface area (Å²) in [6, 6.07) is 0. The molecule has 1 heterocycles. The van der Waals surface area contributed by atoms with E-state index in [4.69, 9.17) is 11.6 Å². The molecule has 0 aromatic rings. The van der Waals surface area contributed by atoms with Gasteiger partial charge in [0.2, 0.25) is 6.36 Å². The maximum atomic E-state index is 12.1. The molecule has 1 aliphatic heterocycles. The van der Waals surface area contributed by atoms with Crippen LogP contribution in [0.15, 0.2) is 0 Å². The zero-order valence-electron chi connectivity index (χ0n) is 4.14. The highest BCUT2D eigenvalue weighted by atomic mass is 35.5. The van der Waals surface area contributed by atoms with Gasteiger partial charge in [0.25, 0.3) is 0 Å². The summed E-state index contributed by atoms with van der Waals surface area (Å²) >= 11 is 5.24. The molecule has 8 heavy (non-hydrogen) atoms. The van der Waals surface area contributed by atoms with Crippen LogP contribution in [0.25, 0.3) is 0 Å². The van der Waals surface area contributed by atoms with Crippen LogP contribution < -0.4 is 0 Å². The monoisotopic (exact) mass is 140 g/mol. The Labute approximate surface area is 51.5 Å². The summed E-state index contributed by atoms with van der Waals surface area (Å²) in [5, 5.41) is 0. The summed E-state index contributed by atoms with van der Waals surface area (Å²) < 4.78 is 21.2. The van der Waals surface area contributed by atoms with Crippen LogP contribution in [0.2, 0.25) is 0 Å². The number of halogens is 2.